The number of nitrogens with one attached hydrogen (secondary N) is 2. The number of aryl methyl sites for hydroxylation is 1. The third-order valence-corrected chi connectivity index (χ3v) is 5.98. The molecule has 4 heteroatoms. The van der Waals surface area contributed by atoms with Gasteiger partial charge in [-0.05, 0) is 62.5 Å². The lowest BCUT2D eigenvalue weighted by Gasteiger charge is -2.23. The highest BCUT2D eigenvalue weighted by Crippen LogP contribution is 2.33. The largest absolute Gasteiger partial charge is 0.492 e. The van der Waals surface area contributed by atoms with Crippen molar-refractivity contribution < 1.29 is 4.74 Å². The third-order valence-electron chi connectivity index (χ3n) is 5.98. The number of pyridine rings is 1. The first-order valence-corrected chi connectivity index (χ1v) is 11.4. The number of aromatic nitrogens is 1. The lowest BCUT2D eigenvalue weighted by atomic mass is 9.97. The Hall–Kier alpha value is -2.69. The van der Waals surface area contributed by atoms with Gasteiger partial charge in [-0.2, -0.15) is 0 Å². The van der Waals surface area contributed by atoms with Gasteiger partial charge in [0.2, 0.25) is 0 Å². The molecule has 0 radical (unpaired) electrons. The Morgan fingerprint density at radius 2 is 1.71 bits per heavy atom. The van der Waals surface area contributed by atoms with E-state index >= 15 is 0 Å². The molecule has 1 aliphatic rings. The van der Waals surface area contributed by atoms with Crippen molar-refractivity contribution in [1.29, 1.82) is 0 Å². The van der Waals surface area contributed by atoms with E-state index in [4.69, 9.17) is 9.72 Å². The van der Waals surface area contributed by atoms with Crippen molar-refractivity contribution in [2.24, 2.45) is 5.92 Å². The van der Waals surface area contributed by atoms with Crippen molar-refractivity contribution in [3.05, 3.63) is 71.9 Å². The van der Waals surface area contributed by atoms with Gasteiger partial charge in [-0.25, -0.2) is 0 Å². The highest BCUT2D eigenvalue weighted by molar-refractivity contribution is 5.81. The van der Waals surface area contributed by atoms with E-state index in [2.05, 4.69) is 79.1 Å². The van der Waals surface area contributed by atoms with Gasteiger partial charge in [0.1, 0.15) is 5.75 Å². The lowest BCUT2D eigenvalue weighted by molar-refractivity contribution is 0.215. The second kappa shape index (κ2) is 10.6. The van der Waals surface area contributed by atoms with Crippen LogP contribution < -0.4 is 15.4 Å². The third kappa shape index (κ3) is 5.72. The Morgan fingerprint density at radius 3 is 2.42 bits per heavy atom. The van der Waals surface area contributed by atoms with Crippen LogP contribution in [0, 0.1) is 12.8 Å². The lowest BCUT2D eigenvalue weighted by Crippen LogP contribution is -2.30. The molecule has 1 aliphatic heterocycles. The number of nitrogens with zero attached hydrogens (tertiary/aromatic N) is 1. The quantitative estimate of drug-likeness (QED) is 0.530. The molecule has 31 heavy (non-hydrogen) atoms. The molecule has 2 N–H and O–H groups in total. The molecule has 1 aromatic heterocycles. The summed E-state index contributed by atoms with van der Waals surface area (Å²) < 4.78 is 6.19. The molecule has 0 amide bonds. The van der Waals surface area contributed by atoms with Gasteiger partial charge in [0, 0.05) is 17.7 Å². The molecule has 0 saturated carbocycles. The van der Waals surface area contributed by atoms with Gasteiger partial charge in [0.05, 0.1) is 18.5 Å². The summed E-state index contributed by atoms with van der Waals surface area (Å²) in [6.07, 6.45) is 4.23. The highest BCUT2D eigenvalue weighted by atomic mass is 16.5. The number of rotatable bonds is 8. The molecule has 0 atom stereocenters. The predicted octanol–water partition coefficient (Wildman–Crippen LogP) is 5.21. The van der Waals surface area contributed by atoms with Crippen LogP contribution in [0.1, 0.15) is 30.9 Å². The Bertz CT molecular complexity index is 961. The van der Waals surface area contributed by atoms with Crippen LogP contribution in [-0.2, 0) is 6.54 Å². The fourth-order valence-electron chi connectivity index (χ4n) is 4.02. The maximum absolute atomic E-state index is 6.19. The minimum absolute atomic E-state index is 0.617. The molecule has 162 valence electrons. The minimum atomic E-state index is 0.617. The maximum atomic E-state index is 6.19. The standard InChI is InChI=1S/C27H33N3O/c1-3-28-17-21-6-10-23(11-7-21)26-16-25(31-19-22-12-14-29-15-13-22)18-30-27(26)24-8-4-20(2)5-9-24/h4-11,16,18,22,28-29H,3,12-15,17,19H2,1-2H3. The molecule has 4 rings (SSSR count). The van der Waals surface area contributed by atoms with Crippen LogP contribution in [0.15, 0.2) is 60.8 Å². The molecule has 0 aliphatic carbocycles. The molecule has 3 aromatic rings. The van der Waals surface area contributed by atoms with Crippen molar-refractivity contribution in [2.45, 2.75) is 33.2 Å². The summed E-state index contributed by atoms with van der Waals surface area (Å²) in [5.74, 6) is 1.47. The molecule has 1 saturated heterocycles. The van der Waals surface area contributed by atoms with Gasteiger partial charge in [0.25, 0.3) is 0 Å². The average molecular weight is 416 g/mol. The van der Waals surface area contributed by atoms with Crippen LogP contribution >= 0.6 is 0 Å². The SMILES string of the molecule is CCNCc1ccc(-c2cc(OCC3CCNCC3)cnc2-c2ccc(C)cc2)cc1. The molecule has 1 fully saturated rings. The molecule has 2 aromatic carbocycles. The fraction of sp³-hybridized carbons (Fsp3) is 0.370. The van der Waals surface area contributed by atoms with Gasteiger partial charge in [-0.1, -0.05) is 61.0 Å². The number of piperidine rings is 1. The van der Waals surface area contributed by atoms with E-state index in [9.17, 15) is 0 Å². The van der Waals surface area contributed by atoms with E-state index in [-0.39, 0.29) is 0 Å². The van der Waals surface area contributed by atoms with Crippen LogP contribution in [0.3, 0.4) is 0 Å². The van der Waals surface area contributed by atoms with E-state index in [0.29, 0.717) is 5.92 Å². The molecular formula is C27H33N3O. The zero-order chi connectivity index (χ0) is 21.5. The Labute approximate surface area is 186 Å². The second-order valence-electron chi connectivity index (χ2n) is 8.41. The Balaban J connectivity index is 1.62. The maximum Gasteiger partial charge on any atom is 0.138 e. The summed E-state index contributed by atoms with van der Waals surface area (Å²) in [5.41, 5.74) is 6.93. The van der Waals surface area contributed by atoms with Crippen molar-refractivity contribution in [3.8, 4) is 28.1 Å². The van der Waals surface area contributed by atoms with Crippen molar-refractivity contribution >= 4 is 0 Å². The Morgan fingerprint density at radius 1 is 1.00 bits per heavy atom. The summed E-state index contributed by atoms with van der Waals surface area (Å²) in [6.45, 7) is 9.03. The van der Waals surface area contributed by atoms with E-state index in [1.807, 2.05) is 6.20 Å². The predicted molar refractivity (Wildman–Crippen MR) is 128 cm³/mol. The van der Waals surface area contributed by atoms with Gasteiger partial charge in [0.15, 0.2) is 0 Å². The molecule has 0 bridgehead atoms. The smallest absolute Gasteiger partial charge is 0.138 e. The van der Waals surface area contributed by atoms with Crippen LogP contribution in [0.4, 0.5) is 0 Å². The topological polar surface area (TPSA) is 46.2 Å². The van der Waals surface area contributed by atoms with Crippen molar-refractivity contribution in [1.82, 2.24) is 15.6 Å². The minimum Gasteiger partial charge on any atom is -0.492 e. The zero-order valence-corrected chi connectivity index (χ0v) is 18.7. The summed E-state index contributed by atoms with van der Waals surface area (Å²) >= 11 is 0. The molecule has 2 heterocycles. The van der Waals surface area contributed by atoms with Crippen LogP contribution in [-0.4, -0.2) is 31.2 Å². The van der Waals surface area contributed by atoms with Crippen LogP contribution in [0.5, 0.6) is 5.75 Å². The highest BCUT2D eigenvalue weighted by Gasteiger charge is 2.15. The molecular weight excluding hydrogens is 382 g/mol. The number of benzene rings is 2. The number of hydrogen-bond acceptors (Lipinski definition) is 4. The Kier molecular flexibility index (Phi) is 7.34. The van der Waals surface area contributed by atoms with E-state index in [1.165, 1.54) is 24.0 Å². The fourth-order valence-corrected chi connectivity index (χ4v) is 4.02. The first-order valence-electron chi connectivity index (χ1n) is 11.4. The summed E-state index contributed by atoms with van der Waals surface area (Å²) in [7, 11) is 0. The first-order chi connectivity index (χ1) is 15.2. The first kappa shape index (κ1) is 21.5. The summed E-state index contributed by atoms with van der Waals surface area (Å²) in [4.78, 5) is 4.84. The number of hydrogen-bond donors (Lipinski definition) is 2. The van der Waals surface area contributed by atoms with Gasteiger partial charge in [-0.15, -0.1) is 0 Å². The van der Waals surface area contributed by atoms with Crippen LogP contribution in [0.2, 0.25) is 0 Å². The van der Waals surface area contributed by atoms with Gasteiger partial charge >= 0.3 is 0 Å². The van der Waals surface area contributed by atoms with Crippen molar-refractivity contribution in [3.63, 3.8) is 0 Å². The van der Waals surface area contributed by atoms with Crippen molar-refractivity contribution in [2.75, 3.05) is 26.2 Å². The molecule has 0 unspecified atom stereocenters. The van der Waals surface area contributed by atoms with E-state index in [0.717, 1.165) is 60.9 Å². The number of ether oxygens (including phenoxy) is 1. The van der Waals surface area contributed by atoms with Gasteiger partial charge < -0.3 is 15.4 Å². The van der Waals surface area contributed by atoms with E-state index < -0.39 is 0 Å². The average Bonchev–Trinajstić information content (AvgIpc) is 2.83. The molecule has 0 spiro atoms. The van der Waals surface area contributed by atoms with E-state index in [1.54, 1.807) is 0 Å². The zero-order valence-electron chi connectivity index (χ0n) is 18.7. The summed E-state index contributed by atoms with van der Waals surface area (Å²) in [6, 6.07) is 19.5. The molecule has 4 nitrogen and oxygen atoms in total. The monoisotopic (exact) mass is 415 g/mol. The second-order valence-corrected chi connectivity index (χ2v) is 8.41. The van der Waals surface area contributed by atoms with Gasteiger partial charge in [-0.3, -0.25) is 4.98 Å². The van der Waals surface area contributed by atoms with Crippen LogP contribution in [0.25, 0.3) is 22.4 Å². The normalized spacial score (nSPS) is 14.5. The summed E-state index contributed by atoms with van der Waals surface area (Å²) in [5, 5.41) is 6.80.